The van der Waals surface area contributed by atoms with Crippen LogP contribution in [0.5, 0.6) is 11.5 Å². The Balaban J connectivity index is 1.05. The third-order valence-electron chi connectivity index (χ3n) is 13.7. The van der Waals surface area contributed by atoms with Gasteiger partial charge in [-0.15, -0.1) is 0 Å². The zero-order valence-electron chi connectivity index (χ0n) is 35.5. The summed E-state index contributed by atoms with van der Waals surface area (Å²) in [5.41, 5.74) is 18.9. The number of para-hydroxylation sites is 2. The summed E-state index contributed by atoms with van der Waals surface area (Å²) < 4.78 is 13.7. The first kappa shape index (κ1) is 36.5. The predicted molar refractivity (Wildman–Crippen MR) is 265 cm³/mol. The molecule has 2 heterocycles. The molecule has 13 rings (SSSR count). The van der Waals surface area contributed by atoms with Gasteiger partial charge in [-0.05, 0) is 122 Å². The van der Waals surface area contributed by atoms with E-state index >= 15 is 0 Å². The van der Waals surface area contributed by atoms with Gasteiger partial charge >= 0.3 is 0 Å². The van der Waals surface area contributed by atoms with Crippen molar-refractivity contribution in [3.63, 3.8) is 0 Å². The molecule has 64 heavy (non-hydrogen) atoms. The lowest BCUT2D eigenvalue weighted by Crippen LogP contribution is -2.17. The van der Waals surface area contributed by atoms with Crippen LogP contribution in [-0.4, -0.2) is 0 Å². The van der Waals surface area contributed by atoms with Gasteiger partial charge in [0.1, 0.15) is 22.7 Å². The second-order valence-corrected chi connectivity index (χ2v) is 17.6. The molecule has 0 amide bonds. The Bertz CT molecular complexity index is 3670. The Hall–Kier alpha value is -8.14. The number of furan rings is 1. The van der Waals surface area contributed by atoms with Gasteiger partial charge in [-0.25, -0.2) is 0 Å². The fourth-order valence-corrected chi connectivity index (χ4v) is 10.5. The smallest absolute Gasteiger partial charge is 0.143 e. The summed E-state index contributed by atoms with van der Waals surface area (Å²) in [4.78, 5) is 2.43. The predicted octanol–water partition coefficient (Wildman–Crippen LogP) is 17.3. The molecule has 1 aliphatic heterocycles. The number of hydrogen-bond acceptors (Lipinski definition) is 3. The van der Waals surface area contributed by atoms with Gasteiger partial charge in [0.2, 0.25) is 0 Å². The summed E-state index contributed by atoms with van der Waals surface area (Å²) in [7, 11) is 0. The number of benzene rings is 10. The van der Waals surface area contributed by atoms with E-state index in [0.717, 1.165) is 94.8 Å². The van der Waals surface area contributed by atoms with Crippen molar-refractivity contribution in [2.45, 2.75) is 19.3 Å². The zero-order valence-corrected chi connectivity index (χ0v) is 35.5. The van der Waals surface area contributed by atoms with Crippen LogP contribution in [0.2, 0.25) is 0 Å². The lowest BCUT2D eigenvalue weighted by atomic mass is 9.82. The highest BCUT2D eigenvalue weighted by Crippen LogP contribution is 2.56. The molecule has 11 aromatic rings. The van der Waals surface area contributed by atoms with Crippen LogP contribution in [0.3, 0.4) is 0 Å². The van der Waals surface area contributed by atoms with E-state index in [-0.39, 0.29) is 5.41 Å². The van der Waals surface area contributed by atoms with Crippen LogP contribution >= 0.6 is 0 Å². The van der Waals surface area contributed by atoms with Gasteiger partial charge in [0.15, 0.2) is 0 Å². The maximum atomic E-state index is 7.16. The Labute approximate surface area is 372 Å². The standard InChI is InChI=1S/C61H41NO2/c1-61(2)53-22-10-8-18-47(53)48-33-31-44(37-54(48)61)62(43-29-26-39(27-30-43)45-20-12-21-50-49-19-9-11-24-56(49)64-60(45)50)55-23-13-25-57-59(55)52-35-42(38-14-4-3-5-15-38)28-32-46(52)51-34-40-16-6-7-17-41(40)36-58(51)63-57/h3-37H,1-2H3. The molecule has 0 unspecified atom stereocenters. The molecule has 0 radical (unpaired) electrons. The summed E-state index contributed by atoms with van der Waals surface area (Å²) in [6, 6.07) is 76.7. The highest BCUT2D eigenvalue weighted by Gasteiger charge is 2.36. The van der Waals surface area contributed by atoms with Gasteiger partial charge in [-0.1, -0.05) is 166 Å². The average molecular weight is 820 g/mol. The van der Waals surface area contributed by atoms with E-state index in [4.69, 9.17) is 9.15 Å². The summed E-state index contributed by atoms with van der Waals surface area (Å²) in [5, 5.41) is 4.57. The second kappa shape index (κ2) is 13.9. The minimum atomic E-state index is -0.180. The summed E-state index contributed by atoms with van der Waals surface area (Å²) in [6.45, 7) is 4.70. The average Bonchev–Trinajstić information content (AvgIpc) is 3.78. The molecule has 0 atom stereocenters. The number of fused-ring (bicyclic) bond motifs is 12. The van der Waals surface area contributed by atoms with Crippen molar-refractivity contribution >= 4 is 49.8 Å². The van der Waals surface area contributed by atoms with Crippen molar-refractivity contribution < 1.29 is 9.15 Å². The molecule has 302 valence electrons. The van der Waals surface area contributed by atoms with Crippen LogP contribution in [0.15, 0.2) is 217 Å². The monoisotopic (exact) mass is 819 g/mol. The molecule has 0 spiro atoms. The summed E-state index contributed by atoms with van der Waals surface area (Å²) >= 11 is 0. The van der Waals surface area contributed by atoms with Crippen molar-refractivity contribution in [2.75, 3.05) is 4.90 Å². The third-order valence-corrected chi connectivity index (χ3v) is 13.7. The molecule has 0 bridgehead atoms. The molecule has 3 nitrogen and oxygen atoms in total. The lowest BCUT2D eigenvalue weighted by molar-refractivity contribution is 0.488. The van der Waals surface area contributed by atoms with E-state index in [1.54, 1.807) is 0 Å². The largest absolute Gasteiger partial charge is 0.456 e. The number of nitrogens with zero attached hydrogens (tertiary/aromatic N) is 1. The maximum absolute atomic E-state index is 7.16. The molecule has 0 fully saturated rings. The first-order valence-corrected chi connectivity index (χ1v) is 22.1. The van der Waals surface area contributed by atoms with Crippen LogP contribution in [0, 0.1) is 0 Å². The Morgan fingerprint density at radius 1 is 0.391 bits per heavy atom. The molecular weight excluding hydrogens is 779 g/mol. The Kier molecular flexibility index (Phi) is 7.95. The van der Waals surface area contributed by atoms with Crippen molar-refractivity contribution in [1.29, 1.82) is 0 Å². The Morgan fingerprint density at radius 2 is 1.06 bits per heavy atom. The van der Waals surface area contributed by atoms with Crippen LogP contribution < -0.4 is 9.64 Å². The van der Waals surface area contributed by atoms with Crippen molar-refractivity contribution in [2.24, 2.45) is 0 Å². The normalized spacial score (nSPS) is 13.1. The van der Waals surface area contributed by atoms with Crippen LogP contribution in [0.25, 0.3) is 88.3 Å². The van der Waals surface area contributed by atoms with Crippen LogP contribution in [0.4, 0.5) is 17.1 Å². The van der Waals surface area contributed by atoms with Gasteiger partial charge in [0.05, 0.1) is 5.69 Å². The van der Waals surface area contributed by atoms with E-state index < -0.39 is 0 Å². The number of anilines is 3. The maximum Gasteiger partial charge on any atom is 0.143 e. The van der Waals surface area contributed by atoms with E-state index in [1.807, 2.05) is 12.1 Å². The molecule has 0 saturated carbocycles. The molecule has 0 saturated heterocycles. The van der Waals surface area contributed by atoms with Crippen LogP contribution in [0.1, 0.15) is 25.0 Å². The number of hydrogen-bond donors (Lipinski definition) is 0. The molecule has 10 aromatic carbocycles. The van der Waals surface area contributed by atoms with E-state index in [0.29, 0.717) is 0 Å². The van der Waals surface area contributed by atoms with Crippen molar-refractivity contribution in [3.8, 4) is 67.1 Å². The molecule has 3 heteroatoms. The molecule has 1 aromatic heterocycles. The van der Waals surface area contributed by atoms with Crippen molar-refractivity contribution in [1.82, 2.24) is 0 Å². The second-order valence-electron chi connectivity index (χ2n) is 17.6. The van der Waals surface area contributed by atoms with Gasteiger partial charge < -0.3 is 14.1 Å². The number of rotatable bonds is 5. The third kappa shape index (κ3) is 5.54. The minimum Gasteiger partial charge on any atom is -0.456 e. The van der Waals surface area contributed by atoms with Gasteiger partial charge in [0.25, 0.3) is 0 Å². The molecule has 1 aliphatic carbocycles. The van der Waals surface area contributed by atoms with Gasteiger partial charge in [0, 0.05) is 44.3 Å². The van der Waals surface area contributed by atoms with E-state index in [9.17, 15) is 0 Å². The van der Waals surface area contributed by atoms with Crippen LogP contribution in [-0.2, 0) is 5.41 Å². The summed E-state index contributed by atoms with van der Waals surface area (Å²) in [6.07, 6.45) is 0. The Morgan fingerprint density at radius 3 is 1.94 bits per heavy atom. The minimum absolute atomic E-state index is 0.180. The first-order chi connectivity index (χ1) is 31.5. The highest BCUT2D eigenvalue weighted by atomic mass is 16.5. The lowest BCUT2D eigenvalue weighted by Gasteiger charge is -2.30. The fraction of sp³-hybridized carbons (Fsp3) is 0.0492. The first-order valence-electron chi connectivity index (χ1n) is 22.1. The van der Waals surface area contributed by atoms with Gasteiger partial charge in [-0.3, -0.25) is 0 Å². The quantitative estimate of drug-likeness (QED) is 0.173. The van der Waals surface area contributed by atoms with E-state index in [1.165, 1.54) is 33.2 Å². The SMILES string of the molecule is CC1(C)c2ccccc2-c2ccc(N(c3ccc(-c4cccc5c4oc4ccccc45)cc3)c3cccc4c3-c3cc(-c5ccccc5)ccc3-c3cc5ccccc5cc3O4)cc21. The van der Waals surface area contributed by atoms with E-state index in [2.05, 4.69) is 219 Å². The highest BCUT2D eigenvalue weighted by molar-refractivity contribution is 6.10. The molecule has 0 N–H and O–H groups in total. The number of ether oxygens (including phenoxy) is 1. The van der Waals surface area contributed by atoms with Crippen molar-refractivity contribution in [3.05, 3.63) is 223 Å². The summed E-state index contributed by atoms with van der Waals surface area (Å²) in [5.74, 6) is 1.65. The topological polar surface area (TPSA) is 25.6 Å². The zero-order chi connectivity index (χ0) is 42.5. The van der Waals surface area contributed by atoms with Gasteiger partial charge in [-0.2, -0.15) is 0 Å². The molecule has 2 aliphatic rings. The molecular formula is C61H41NO2. The fourth-order valence-electron chi connectivity index (χ4n) is 10.5.